The molecule has 0 aliphatic carbocycles. The van der Waals surface area contributed by atoms with E-state index in [1.807, 2.05) is 0 Å². The number of benzene rings is 2. The Kier molecular flexibility index (Phi) is 6.32. The van der Waals surface area contributed by atoms with Gasteiger partial charge in [0, 0.05) is 25.1 Å². The smallest absolute Gasteiger partial charge is 0.406 e. The van der Waals surface area contributed by atoms with Crippen molar-refractivity contribution in [1.82, 2.24) is 4.31 Å². The standard InChI is InChI=1S/C19H18F4N2O4S/c20-16-6-1-2-7-17(16)24-18(26)13-8-10-25(11-9-13)30(27,28)15-5-3-4-14(12-15)29-19(21,22)23/h1-7,12-13H,8-11H2,(H,24,26). The molecule has 6 nitrogen and oxygen atoms in total. The van der Waals surface area contributed by atoms with E-state index in [1.165, 1.54) is 24.3 Å². The zero-order valence-electron chi connectivity index (χ0n) is 15.5. The molecule has 162 valence electrons. The van der Waals surface area contributed by atoms with Crippen molar-refractivity contribution in [3.05, 3.63) is 54.3 Å². The van der Waals surface area contributed by atoms with Crippen LogP contribution in [0.4, 0.5) is 23.2 Å². The summed E-state index contributed by atoms with van der Waals surface area (Å²) in [6.45, 7) is 0.00406. The minimum absolute atomic E-state index is 0.00203. The molecule has 0 spiro atoms. The number of carbonyl (C=O) groups is 1. The fourth-order valence-corrected chi connectivity index (χ4v) is 4.64. The van der Waals surface area contributed by atoms with Crippen LogP contribution >= 0.6 is 0 Å². The molecule has 2 aromatic rings. The van der Waals surface area contributed by atoms with Gasteiger partial charge in [-0.05, 0) is 37.1 Å². The molecule has 0 bridgehead atoms. The fourth-order valence-electron chi connectivity index (χ4n) is 3.14. The molecule has 11 heteroatoms. The van der Waals surface area contributed by atoms with Crippen LogP contribution in [0.15, 0.2) is 53.4 Å². The number of halogens is 4. The molecule has 0 aromatic heterocycles. The number of rotatable bonds is 5. The summed E-state index contributed by atoms with van der Waals surface area (Å²) in [6, 6.07) is 9.83. The number of sulfonamides is 1. The minimum Gasteiger partial charge on any atom is -0.406 e. The van der Waals surface area contributed by atoms with E-state index in [9.17, 15) is 30.8 Å². The molecule has 30 heavy (non-hydrogen) atoms. The minimum atomic E-state index is -4.94. The van der Waals surface area contributed by atoms with Crippen LogP contribution in [0.2, 0.25) is 0 Å². The van der Waals surface area contributed by atoms with E-state index in [2.05, 4.69) is 10.1 Å². The molecule has 1 saturated heterocycles. The first-order valence-electron chi connectivity index (χ1n) is 8.97. The van der Waals surface area contributed by atoms with Gasteiger partial charge in [-0.3, -0.25) is 4.79 Å². The average Bonchev–Trinajstić information content (AvgIpc) is 2.69. The Morgan fingerprint density at radius 3 is 2.37 bits per heavy atom. The summed E-state index contributed by atoms with van der Waals surface area (Å²) in [6.07, 6.45) is -4.55. The van der Waals surface area contributed by atoms with Gasteiger partial charge in [0.1, 0.15) is 11.6 Å². The Morgan fingerprint density at radius 2 is 1.73 bits per heavy atom. The Hall–Kier alpha value is -2.66. The first-order chi connectivity index (χ1) is 14.1. The number of nitrogens with one attached hydrogen (secondary N) is 1. The van der Waals surface area contributed by atoms with Crippen LogP contribution < -0.4 is 10.1 Å². The SMILES string of the molecule is O=C(Nc1ccccc1F)C1CCN(S(=O)(=O)c2cccc(OC(F)(F)F)c2)CC1. The van der Waals surface area contributed by atoms with Crippen LogP contribution in [0.1, 0.15) is 12.8 Å². The molecule has 2 aromatic carbocycles. The van der Waals surface area contributed by atoms with Gasteiger partial charge >= 0.3 is 6.36 Å². The monoisotopic (exact) mass is 446 g/mol. The second-order valence-corrected chi connectivity index (χ2v) is 8.61. The quantitative estimate of drug-likeness (QED) is 0.710. The maximum atomic E-state index is 13.7. The lowest BCUT2D eigenvalue weighted by atomic mass is 9.97. The maximum Gasteiger partial charge on any atom is 0.573 e. The summed E-state index contributed by atoms with van der Waals surface area (Å²) in [7, 11) is -4.06. The summed E-state index contributed by atoms with van der Waals surface area (Å²) >= 11 is 0. The van der Waals surface area contributed by atoms with Gasteiger partial charge in [0.2, 0.25) is 15.9 Å². The van der Waals surface area contributed by atoms with Gasteiger partial charge in [-0.25, -0.2) is 12.8 Å². The first-order valence-corrected chi connectivity index (χ1v) is 10.4. The molecule has 1 N–H and O–H groups in total. The van der Waals surface area contributed by atoms with E-state index in [-0.39, 0.29) is 36.5 Å². The summed E-state index contributed by atoms with van der Waals surface area (Å²) < 4.78 is 81.2. The first kappa shape index (κ1) is 22.0. The highest BCUT2D eigenvalue weighted by atomic mass is 32.2. The van der Waals surface area contributed by atoms with E-state index in [0.717, 1.165) is 22.5 Å². The topological polar surface area (TPSA) is 75.7 Å². The molecule has 1 heterocycles. The zero-order valence-corrected chi connectivity index (χ0v) is 16.3. The Morgan fingerprint density at radius 1 is 1.07 bits per heavy atom. The molecule has 0 atom stereocenters. The molecule has 3 rings (SSSR count). The molecule has 1 aliphatic rings. The fraction of sp³-hybridized carbons (Fsp3) is 0.316. The van der Waals surface area contributed by atoms with Crippen molar-refractivity contribution in [1.29, 1.82) is 0 Å². The van der Waals surface area contributed by atoms with Crippen molar-refractivity contribution >= 4 is 21.6 Å². The van der Waals surface area contributed by atoms with Crippen LogP contribution in [0.25, 0.3) is 0 Å². The van der Waals surface area contributed by atoms with Crippen LogP contribution in [0, 0.1) is 11.7 Å². The van der Waals surface area contributed by atoms with Crippen molar-refractivity contribution in [3.8, 4) is 5.75 Å². The lowest BCUT2D eigenvalue weighted by Gasteiger charge is -2.30. The number of alkyl halides is 3. The third-order valence-electron chi connectivity index (χ3n) is 4.63. The van der Waals surface area contributed by atoms with Crippen molar-refractivity contribution in [2.24, 2.45) is 5.92 Å². The predicted octanol–water partition coefficient (Wildman–Crippen LogP) is 3.76. The number of ether oxygens (including phenoxy) is 1. The molecule has 1 aliphatic heterocycles. The lowest BCUT2D eigenvalue weighted by molar-refractivity contribution is -0.274. The number of carbonyl (C=O) groups excluding carboxylic acids is 1. The second-order valence-electron chi connectivity index (χ2n) is 6.67. The van der Waals surface area contributed by atoms with E-state index in [4.69, 9.17) is 0 Å². The number of hydrogen-bond acceptors (Lipinski definition) is 4. The number of hydrogen-bond donors (Lipinski definition) is 1. The van der Waals surface area contributed by atoms with Gasteiger partial charge in [-0.15, -0.1) is 13.2 Å². The van der Waals surface area contributed by atoms with Gasteiger partial charge in [-0.1, -0.05) is 18.2 Å². The Labute approximate surface area is 170 Å². The summed E-state index contributed by atoms with van der Waals surface area (Å²) in [5.41, 5.74) is 0.0408. The average molecular weight is 446 g/mol. The maximum absolute atomic E-state index is 13.7. The number of piperidine rings is 1. The van der Waals surface area contributed by atoms with E-state index in [1.54, 1.807) is 6.07 Å². The highest BCUT2D eigenvalue weighted by Crippen LogP contribution is 2.29. The van der Waals surface area contributed by atoms with Gasteiger partial charge in [0.15, 0.2) is 0 Å². The molecular weight excluding hydrogens is 428 g/mol. The Balaban J connectivity index is 1.65. The lowest BCUT2D eigenvalue weighted by Crippen LogP contribution is -2.41. The van der Waals surface area contributed by atoms with Crippen LogP contribution in [-0.2, 0) is 14.8 Å². The van der Waals surface area contributed by atoms with Crippen LogP contribution in [-0.4, -0.2) is 38.1 Å². The third kappa shape index (κ3) is 5.28. The summed E-state index contributed by atoms with van der Waals surface area (Å²) in [4.78, 5) is 12.0. The molecular formula is C19H18F4N2O4S. The van der Waals surface area contributed by atoms with Gasteiger partial charge in [-0.2, -0.15) is 4.31 Å². The Bertz CT molecular complexity index is 1020. The highest BCUT2D eigenvalue weighted by Gasteiger charge is 2.34. The molecule has 0 unspecified atom stereocenters. The summed E-state index contributed by atoms with van der Waals surface area (Å²) in [5.74, 6) is -2.15. The number of para-hydroxylation sites is 1. The van der Waals surface area contributed by atoms with E-state index >= 15 is 0 Å². The van der Waals surface area contributed by atoms with E-state index < -0.39 is 39.8 Å². The molecule has 0 saturated carbocycles. The van der Waals surface area contributed by atoms with Gasteiger partial charge in [0.25, 0.3) is 0 Å². The van der Waals surface area contributed by atoms with Crippen molar-refractivity contribution in [3.63, 3.8) is 0 Å². The second kappa shape index (κ2) is 8.60. The highest BCUT2D eigenvalue weighted by molar-refractivity contribution is 7.89. The van der Waals surface area contributed by atoms with Gasteiger partial charge in [0.05, 0.1) is 10.6 Å². The number of amides is 1. The van der Waals surface area contributed by atoms with Crippen LogP contribution in [0.5, 0.6) is 5.75 Å². The van der Waals surface area contributed by atoms with Crippen molar-refractivity contribution in [2.45, 2.75) is 24.1 Å². The van der Waals surface area contributed by atoms with Gasteiger partial charge < -0.3 is 10.1 Å². The normalized spacial score (nSPS) is 16.3. The predicted molar refractivity (Wildman–Crippen MR) is 99.6 cm³/mol. The van der Waals surface area contributed by atoms with Crippen molar-refractivity contribution < 1.29 is 35.5 Å². The number of anilines is 1. The number of nitrogens with zero attached hydrogens (tertiary/aromatic N) is 1. The zero-order chi connectivity index (χ0) is 21.9. The third-order valence-corrected chi connectivity index (χ3v) is 6.53. The molecule has 1 fully saturated rings. The largest absolute Gasteiger partial charge is 0.573 e. The van der Waals surface area contributed by atoms with Crippen molar-refractivity contribution in [2.75, 3.05) is 18.4 Å². The molecule has 0 radical (unpaired) electrons. The molecule has 1 amide bonds. The van der Waals surface area contributed by atoms with Crippen LogP contribution in [0.3, 0.4) is 0 Å². The van der Waals surface area contributed by atoms with E-state index in [0.29, 0.717) is 0 Å². The summed E-state index contributed by atoms with van der Waals surface area (Å²) in [5, 5.41) is 2.49.